The van der Waals surface area contributed by atoms with Crippen molar-refractivity contribution in [2.24, 2.45) is 0 Å². The van der Waals surface area contributed by atoms with Crippen molar-refractivity contribution in [3.8, 4) is 0 Å². The number of nitrogens with one attached hydrogen (secondary N) is 1. The second-order valence-electron chi connectivity index (χ2n) is 4.13. The maximum Gasteiger partial charge on any atom is 0.303 e. The Bertz CT molecular complexity index is 446. The average molecular weight is 270 g/mol. The highest BCUT2D eigenvalue weighted by Gasteiger charge is 2.06. The van der Waals surface area contributed by atoms with Crippen molar-refractivity contribution in [1.82, 2.24) is 0 Å². The number of hydrogen-bond acceptors (Lipinski definition) is 2. The van der Waals surface area contributed by atoms with Crippen LogP contribution in [0.1, 0.15) is 31.2 Å². The van der Waals surface area contributed by atoms with E-state index in [1.807, 2.05) is 13.0 Å². The molecule has 0 bridgehead atoms. The molecule has 0 spiro atoms. The van der Waals surface area contributed by atoms with Crippen LogP contribution in [0.25, 0.3) is 0 Å². The SMILES string of the molecule is Cc1ccc(Cl)c(NC(=O)CCCCC(=O)O)c1. The first-order valence-electron chi connectivity index (χ1n) is 5.77. The van der Waals surface area contributed by atoms with Gasteiger partial charge in [-0.1, -0.05) is 17.7 Å². The molecule has 0 saturated carbocycles. The van der Waals surface area contributed by atoms with Crippen LogP contribution in [0.3, 0.4) is 0 Å². The summed E-state index contributed by atoms with van der Waals surface area (Å²) < 4.78 is 0. The van der Waals surface area contributed by atoms with Gasteiger partial charge in [0, 0.05) is 12.8 Å². The van der Waals surface area contributed by atoms with E-state index in [2.05, 4.69) is 5.32 Å². The van der Waals surface area contributed by atoms with E-state index < -0.39 is 5.97 Å². The molecule has 0 aliphatic rings. The van der Waals surface area contributed by atoms with E-state index in [1.54, 1.807) is 12.1 Å². The van der Waals surface area contributed by atoms with Crippen LogP contribution in [0, 0.1) is 6.92 Å². The highest BCUT2D eigenvalue weighted by molar-refractivity contribution is 6.33. The summed E-state index contributed by atoms with van der Waals surface area (Å²) in [6.07, 6.45) is 1.46. The second kappa shape index (κ2) is 7.01. The van der Waals surface area contributed by atoms with Crippen LogP contribution < -0.4 is 5.32 Å². The summed E-state index contributed by atoms with van der Waals surface area (Å²) in [5, 5.41) is 11.7. The molecule has 0 aliphatic heterocycles. The van der Waals surface area contributed by atoms with Crippen molar-refractivity contribution in [3.05, 3.63) is 28.8 Å². The molecular formula is C13H16ClNO3. The van der Waals surface area contributed by atoms with Gasteiger partial charge in [-0.2, -0.15) is 0 Å². The summed E-state index contributed by atoms with van der Waals surface area (Å²) in [6.45, 7) is 1.92. The van der Waals surface area contributed by atoms with E-state index >= 15 is 0 Å². The lowest BCUT2D eigenvalue weighted by Crippen LogP contribution is -2.11. The van der Waals surface area contributed by atoms with Gasteiger partial charge < -0.3 is 10.4 Å². The van der Waals surface area contributed by atoms with Crippen molar-refractivity contribution in [2.75, 3.05) is 5.32 Å². The highest BCUT2D eigenvalue weighted by atomic mass is 35.5. The smallest absolute Gasteiger partial charge is 0.303 e. The fraction of sp³-hybridized carbons (Fsp3) is 0.385. The van der Waals surface area contributed by atoms with Gasteiger partial charge in [-0.3, -0.25) is 9.59 Å². The number of carboxylic acid groups (broad SMARTS) is 1. The fourth-order valence-corrected chi connectivity index (χ4v) is 1.67. The molecule has 0 saturated heterocycles. The van der Waals surface area contributed by atoms with E-state index in [4.69, 9.17) is 16.7 Å². The van der Waals surface area contributed by atoms with Gasteiger partial charge >= 0.3 is 5.97 Å². The van der Waals surface area contributed by atoms with Crippen molar-refractivity contribution in [2.45, 2.75) is 32.6 Å². The van der Waals surface area contributed by atoms with Crippen LogP contribution in [-0.2, 0) is 9.59 Å². The molecular weight excluding hydrogens is 254 g/mol. The summed E-state index contributed by atoms with van der Waals surface area (Å²) in [5.74, 6) is -0.981. The molecule has 1 amide bonds. The lowest BCUT2D eigenvalue weighted by Gasteiger charge is -2.07. The first-order chi connectivity index (χ1) is 8.49. The Balaban J connectivity index is 2.40. The molecule has 1 aromatic rings. The first kappa shape index (κ1) is 14.5. The molecule has 0 unspecified atom stereocenters. The van der Waals surface area contributed by atoms with Crippen molar-refractivity contribution in [3.63, 3.8) is 0 Å². The Hall–Kier alpha value is -1.55. The average Bonchev–Trinajstić information content (AvgIpc) is 2.29. The van der Waals surface area contributed by atoms with E-state index in [1.165, 1.54) is 0 Å². The summed E-state index contributed by atoms with van der Waals surface area (Å²) >= 11 is 5.95. The molecule has 4 nitrogen and oxygen atoms in total. The second-order valence-corrected chi connectivity index (χ2v) is 4.54. The molecule has 0 atom stereocenters. The number of aliphatic carboxylic acids is 1. The topological polar surface area (TPSA) is 66.4 Å². The van der Waals surface area contributed by atoms with Crippen LogP contribution in [0.2, 0.25) is 5.02 Å². The number of carboxylic acids is 1. The van der Waals surface area contributed by atoms with Crippen LogP contribution in [0.15, 0.2) is 18.2 Å². The zero-order chi connectivity index (χ0) is 13.5. The third-order valence-electron chi connectivity index (χ3n) is 2.44. The number of anilines is 1. The van der Waals surface area contributed by atoms with Gasteiger partial charge in [-0.15, -0.1) is 0 Å². The summed E-state index contributed by atoms with van der Waals surface area (Å²) in [4.78, 5) is 21.9. The molecule has 0 heterocycles. The molecule has 0 radical (unpaired) electrons. The van der Waals surface area contributed by atoms with Gasteiger partial charge in [0.1, 0.15) is 0 Å². The minimum atomic E-state index is -0.836. The van der Waals surface area contributed by atoms with Gasteiger partial charge in [0.15, 0.2) is 0 Å². The molecule has 2 N–H and O–H groups in total. The third kappa shape index (κ3) is 5.19. The minimum Gasteiger partial charge on any atom is -0.481 e. The molecule has 18 heavy (non-hydrogen) atoms. The van der Waals surface area contributed by atoms with Gasteiger partial charge in [-0.05, 0) is 37.5 Å². The predicted octanol–water partition coefficient (Wildman–Crippen LogP) is 3.23. The molecule has 0 aromatic heterocycles. The van der Waals surface area contributed by atoms with Crippen molar-refractivity contribution >= 4 is 29.2 Å². The molecule has 98 valence electrons. The lowest BCUT2D eigenvalue weighted by atomic mass is 10.1. The van der Waals surface area contributed by atoms with E-state index in [0.717, 1.165) is 5.56 Å². The normalized spacial score (nSPS) is 10.1. The van der Waals surface area contributed by atoms with Gasteiger partial charge in [0.05, 0.1) is 10.7 Å². The lowest BCUT2D eigenvalue weighted by molar-refractivity contribution is -0.137. The van der Waals surface area contributed by atoms with Crippen LogP contribution in [0.4, 0.5) is 5.69 Å². The molecule has 5 heteroatoms. The predicted molar refractivity (Wildman–Crippen MR) is 70.9 cm³/mol. The van der Waals surface area contributed by atoms with Gasteiger partial charge in [0.2, 0.25) is 5.91 Å². The number of unbranched alkanes of at least 4 members (excludes halogenated alkanes) is 1. The summed E-state index contributed by atoms with van der Waals surface area (Å²) in [7, 11) is 0. The maximum atomic E-state index is 11.6. The van der Waals surface area contributed by atoms with Gasteiger partial charge in [-0.25, -0.2) is 0 Å². The quantitative estimate of drug-likeness (QED) is 0.779. The zero-order valence-corrected chi connectivity index (χ0v) is 11.0. The minimum absolute atomic E-state index is 0.0957. The molecule has 0 aliphatic carbocycles. The third-order valence-corrected chi connectivity index (χ3v) is 2.77. The van der Waals surface area contributed by atoms with E-state index in [9.17, 15) is 9.59 Å². The Labute approximate surface area is 111 Å². The van der Waals surface area contributed by atoms with Crippen LogP contribution in [0.5, 0.6) is 0 Å². The van der Waals surface area contributed by atoms with Crippen molar-refractivity contribution < 1.29 is 14.7 Å². The number of rotatable bonds is 6. The van der Waals surface area contributed by atoms with E-state index in [-0.39, 0.29) is 12.3 Å². The monoisotopic (exact) mass is 269 g/mol. The maximum absolute atomic E-state index is 11.6. The molecule has 1 aromatic carbocycles. The number of aryl methyl sites for hydroxylation is 1. The van der Waals surface area contributed by atoms with Crippen LogP contribution >= 0.6 is 11.6 Å². The molecule has 0 fully saturated rings. The number of amides is 1. The Morgan fingerprint density at radius 3 is 2.61 bits per heavy atom. The molecule has 1 rings (SSSR count). The Morgan fingerprint density at radius 2 is 1.94 bits per heavy atom. The first-order valence-corrected chi connectivity index (χ1v) is 6.14. The zero-order valence-electron chi connectivity index (χ0n) is 10.2. The standard InChI is InChI=1S/C13H16ClNO3/c1-9-6-7-10(14)11(8-9)15-12(16)4-2-3-5-13(17)18/h6-8H,2-5H2,1H3,(H,15,16)(H,17,18). The number of hydrogen-bond donors (Lipinski definition) is 2. The Kier molecular flexibility index (Phi) is 5.65. The number of benzene rings is 1. The summed E-state index contributed by atoms with van der Waals surface area (Å²) in [5.41, 5.74) is 1.61. The number of halogens is 1. The summed E-state index contributed by atoms with van der Waals surface area (Å²) in [6, 6.07) is 5.40. The van der Waals surface area contributed by atoms with E-state index in [0.29, 0.717) is 30.0 Å². The Morgan fingerprint density at radius 1 is 1.28 bits per heavy atom. The number of carbonyl (C=O) groups excluding carboxylic acids is 1. The highest BCUT2D eigenvalue weighted by Crippen LogP contribution is 2.22. The van der Waals surface area contributed by atoms with Gasteiger partial charge in [0.25, 0.3) is 0 Å². The largest absolute Gasteiger partial charge is 0.481 e. The fourth-order valence-electron chi connectivity index (χ4n) is 1.51. The number of carbonyl (C=O) groups is 2. The van der Waals surface area contributed by atoms with Crippen LogP contribution in [-0.4, -0.2) is 17.0 Å². The van der Waals surface area contributed by atoms with Crippen molar-refractivity contribution in [1.29, 1.82) is 0 Å².